The van der Waals surface area contributed by atoms with Crippen LogP contribution in [0.25, 0.3) is 0 Å². The summed E-state index contributed by atoms with van der Waals surface area (Å²) in [6.45, 7) is 1.73. The molecule has 0 unspecified atom stereocenters. The Bertz CT molecular complexity index is 1620. The molecule has 1 atom stereocenters. The van der Waals surface area contributed by atoms with Gasteiger partial charge in [0.2, 0.25) is 11.8 Å². The van der Waals surface area contributed by atoms with E-state index in [9.17, 15) is 18.0 Å². The number of ether oxygens (including phenoxy) is 1. The molecule has 0 saturated carbocycles. The largest absolute Gasteiger partial charge is 0.497 e. The maximum Gasteiger partial charge on any atom is 0.264 e. The molecule has 10 heteroatoms. The molecule has 0 aliphatic carbocycles. The topological polar surface area (TPSA) is 96.0 Å². The molecule has 0 aliphatic heterocycles. The molecule has 0 heterocycles. The van der Waals surface area contributed by atoms with Gasteiger partial charge in [-0.2, -0.15) is 0 Å². The zero-order valence-corrected chi connectivity index (χ0v) is 26.4. The van der Waals surface area contributed by atoms with E-state index < -0.39 is 28.5 Å². The van der Waals surface area contributed by atoms with E-state index in [1.165, 1.54) is 17.0 Å². The van der Waals surface area contributed by atoms with E-state index in [-0.39, 0.29) is 23.8 Å². The summed E-state index contributed by atoms with van der Waals surface area (Å²) in [5.41, 5.74) is 1.92. The van der Waals surface area contributed by atoms with Gasteiger partial charge in [-0.05, 0) is 66.6 Å². The van der Waals surface area contributed by atoms with Gasteiger partial charge in [-0.1, -0.05) is 76.6 Å². The second-order valence-electron chi connectivity index (χ2n) is 9.77. The van der Waals surface area contributed by atoms with E-state index in [2.05, 4.69) is 21.2 Å². The number of sulfonamides is 1. The summed E-state index contributed by atoms with van der Waals surface area (Å²) < 4.78 is 35.2. The lowest BCUT2D eigenvalue weighted by Gasteiger charge is -2.34. The molecule has 224 valence electrons. The molecule has 2 amide bonds. The molecule has 0 saturated heterocycles. The normalized spacial score (nSPS) is 11.8. The van der Waals surface area contributed by atoms with Crippen LogP contribution in [0.1, 0.15) is 18.1 Å². The summed E-state index contributed by atoms with van der Waals surface area (Å²) in [4.78, 5) is 29.4. The highest BCUT2D eigenvalue weighted by Crippen LogP contribution is 2.27. The lowest BCUT2D eigenvalue weighted by molar-refractivity contribution is -0.140. The Kier molecular flexibility index (Phi) is 11.0. The molecular weight excluding hydrogens is 630 g/mol. The Morgan fingerprint density at radius 3 is 2.12 bits per heavy atom. The smallest absolute Gasteiger partial charge is 0.264 e. The van der Waals surface area contributed by atoms with Crippen molar-refractivity contribution in [2.75, 3.05) is 24.5 Å². The fourth-order valence-electron chi connectivity index (χ4n) is 4.67. The molecule has 0 bridgehead atoms. The molecule has 0 spiro atoms. The standard InChI is InChI=1S/C33H34BrN3O5S/c1-3-35-33(39)31(22-25-11-6-4-7-12-25)36(23-26-13-10-14-29(21-26)42-2)32(38)24-37(28-19-17-27(34)18-20-28)43(40,41)30-15-8-5-9-16-30/h4-21,31H,3,22-24H2,1-2H3,(H,35,39)/t31-/m0/s1. The average Bonchev–Trinajstić information content (AvgIpc) is 3.03. The summed E-state index contributed by atoms with van der Waals surface area (Å²) in [5, 5.41) is 2.86. The summed E-state index contributed by atoms with van der Waals surface area (Å²) in [7, 11) is -2.59. The molecule has 4 aromatic rings. The summed E-state index contributed by atoms with van der Waals surface area (Å²) in [5.74, 6) is -0.258. The number of carbonyl (C=O) groups excluding carboxylic acids is 2. The van der Waals surface area contributed by atoms with Gasteiger partial charge in [-0.3, -0.25) is 13.9 Å². The number of hydrogen-bond donors (Lipinski definition) is 1. The van der Waals surface area contributed by atoms with Crippen molar-refractivity contribution in [1.29, 1.82) is 0 Å². The first-order chi connectivity index (χ1) is 20.7. The van der Waals surface area contributed by atoms with Crippen molar-refractivity contribution < 1.29 is 22.7 Å². The summed E-state index contributed by atoms with van der Waals surface area (Å²) >= 11 is 3.40. The molecule has 0 aliphatic rings. The van der Waals surface area contributed by atoms with Crippen LogP contribution in [-0.2, 0) is 32.6 Å². The van der Waals surface area contributed by atoms with Crippen LogP contribution in [0.4, 0.5) is 5.69 Å². The van der Waals surface area contributed by atoms with Crippen LogP contribution in [0, 0.1) is 0 Å². The van der Waals surface area contributed by atoms with Gasteiger partial charge in [0.15, 0.2) is 0 Å². The fraction of sp³-hybridized carbons (Fsp3) is 0.212. The fourth-order valence-corrected chi connectivity index (χ4v) is 6.37. The van der Waals surface area contributed by atoms with Crippen LogP contribution in [-0.4, -0.2) is 51.4 Å². The third kappa shape index (κ3) is 8.24. The molecule has 0 radical (unpaired) electrons. The number of rotatable bonds is 13. The first kappa shape index (κ1) is 31.8. The first-order valence-electron chi connectivity index (χ1n) is 13.8. The van der Waals surface area contributed by atoms with Crippen LogP contribution >= 0.6 is 15.9 Å². The minimum atomic E-state index is -4.14. The highest BCUT2D eigenvalue weighted by molar-refractivity contribution is 9.10. The van der Waals surface area contributed by atoms with Gasteiger partial charge in [0.1, 0.15) is 18.3 Å². The van der Waals surface area contributed by atoms with Crippen molar-refractivity contribution in [1.82, 2.24) is 10.2 Å². The van der Waals surface area contributed by atoms with E-state index >= 15 is 0 Å². The minimum absolute atomic E-state index is 0.0506. The van der Waals surface area contributed by atoms with Crippen LogP contribution in [0.3, 0.4) is 0 Å². The molecule has 0 aromatic heterocycles. The first-order valence-corrected chi connectivity index (χ1v) is 16.0. The average molecular weight is 665 g/mol. The second kappa shape index (κ2) is 14.8. The van der Waals surface area contributed by atoms with Gasteiger partial charge < -0.3 is 15.0 Å². The van der Waals surface area contributed by atoms with Crippen LogP contribution in [0.5, 0.6) is 5.75 Å². The molecule has 0 fully saturated rings. The van der Waals surface area contributed by atoms with Crippen LogP contribution in [0.2, 0.25) is 0 Å². The Morgan fingerprint density at radius 2 is 1.49 bits per heavy atom. The number of likely N-dealkylation sites (N-methyl/N-ethyl adjacent to an activating group) is 1. The van der Waals surface area contributed by atoms with Crippen LogP contribution in [0.15, 0.2) is 119 Å². The van der Waals surface area contributed by atoms with E-state index in [1.54, 1.807) is 61.7 Å². The number of nitrogens with zero attached hydrogens (tertiary/aromatic N) is 2. The maximum atomic E-state index is 14.4. The predicted molar refractivity (Wildman–Crippen MR) is 171 cm³/mol. The monoisotopic (exact) mass is 663 g/mol. The Balaban J connectivity index is 1.79. The number of nitrogens with one attached hydrogen (secondary N) is 1. The highest BCUT2D eigenvalue weighted by Gasteiger charge is 2.34. The van der Waals surface area contributed by atoms with Gasteiger partial charge in [-0.15, -0.1) is 0 Å². The third-order valence-corrected chi connectivity index (χ3v) is 9.15. The number of hydrogen-bond acceptors (Lipinski definition) is 5. The maximum absolute atomic E-state index is 14.4. The number of anilines is 1. The van der Waals surface area contributed by atoms with Gasteiger partial charge in [0.05, 0.1) is 17.7 Å². The zero-order chi connectivity index (χ0) is 30.8. The lowest BCUT2D eigenvalue weighted by Crippen LogP contribution is -2.53. The molecule has 8 nitrogen and oxygen atoms in total. The summed E-state index contributed by atoms with van der Waals surface area (Å²) in [6, 6.07) is 30.4. The van der Waals surface area contributed by atoms with Crippen molar-refractivity contribution in [2.24, 2.45) is 0 Å². The number of carbonyl (C=O) groups is 2. The Hall–Kier alpha value is -4.15. The highest BCUT2D eigenvalue weighted by atomic mass is 79.9. The number of benzene rings is 4. The number of methoxy groups -OCH3 is 1. The molecular formula is C33H34BrN3O5S. The molecule has 4 aromatic carbocycles. The minimum Gasteiger partial charge on any atom is -0.497 e. The predicted octanol–water partition coefficient (Wildman–Crippen LogP) is 5.43. The van der Waals surface area contributed by atoms with Gasteiger partial charge in [0.25, 0.3) is 10.0 Å². The number of halogens is 1. The van der Waals surface area contributed by atoms with E-state index in [0.717, 1.165) is 19.9 Å². The van der Waals surface area contributed by atoms with Crippen LogP contribution < -0.4 is 14.4 Å². The van der Waals surface area contributed by atoms with Gasteiger partial charge >= 0.3 is 0 Å². The SMILES string of the molecule is CCNC(=O)[C@H](Cc1ccccc1)N(Cc1cccc(OC)c1)C(=O)CN(c1ccc(Br)cc1)S(=O)(=O)c1ccccc1. The number of amides is 2. The van der Waals surface area contributed by atoms with Gasteiger partial charge in [0, 0.05) is 24.0 Å². The zero-order valence-electron chi connectivity index (χ0n) is 24.0. The molecule has 4 rings (SSSR count). The van der Waals surface area contributed by atoms with E-state index in [1.807, 2.05) is 49.4 Å². The van der Waals surface area contributed by atoms with Crippen molar-refractivity contribution in [3.63, 3.8) is 0 Å². The lowest BCUT2D eigenvalue weighted by atomic mass is 10.0. The Labute approximate surface area is 261 Å². The van der Waals surface area contributed by atoms with Gasteiger partial charge in [-0.25, -0.2) is 8.42 Å². The second-order valence-corrected chi connectivity index (χ2v) is 12.6. The third-order valence-electron chi connectivity index (χ3n) is 6.83. The quantitative estimate of drug-likeness (QED) is 0.206. The van der Waals surface area contributed by atoms with Crippen molar-refractivity contribution in [3.05, 3.63) is 125 Å². The molecule has 1 N–H and O–H groups in total. The Morgan fingerprint density at radius 1 is 0.860 bits per heavy atom. The van der Waals surface area contributed by atoms with Crippen molar-refractivity contribution >= 4 is 43.5 Å². The van der Waals surface area contributed by atoms with Crippen molar-refractivity contribution in [3.8, 4) is 5.75 Å². The van der Waals surface area contributed by atoms with E-state index in [0.29, 0.717) is 18.0 Å². The molecule has 43 heavy (non-hydrogen) atoms. The van der Waals surface area contributed by atoms with Crippen molar-refractivity contribution in [2.45, 2.75) is 30.8 Å². The van der Waals surface area contributed by atoms with E-state index in [4.69, 9.17) is 4.74 Å². The summed E-state index contributed by atoms with van der Waals surface area (Å²) in [6.07, 6.45) is 0.242.